The van der Waals surface area contributed by atoms with Crippen molar-refractivity contribution in [3.8, 4) is 0 Å². The van der Waals surface area contributed by atoms with Crippen LogP contribution in [0.3, 0.4) is 0 Å². The van der Waals surface area contributed by atoms with E-state index in [1.807, 2.05) is 0 Å². The molecule has 2 aliphatic rings. The molecule has 0 radical (unpaired) electrons. The second kappa shape index (κ2) is 7.41. The van der Waals surface area contributed by atoms with Gasteiger partial charge in [0.15, 0.2) is 0 Å². The van der Waals surface area contributed by atoms with E-state index >= 15 is 0 Å². The van der Waals surface area contributed by atoms with E-state index in [4.69, 9.17) is 0 Å². The maximum Gasteiger partial charge on any atom is 0.00697 e. The predicted molar refractivity (Wildman–Crippen MR) is 75.2 cm³/mol. The molecule has 17 heavy (non-hydrogen) atoms. The summed E-state index contributed by atoms with van der Waals surface area (Å²) < 4.78 is 0. The predicted octanol–water partition coefficient (Wildman–Crippen LogP) is 4.52. The van der Waals surface area contributed by atoms with E-state index in [0.29, 0.717) is 0 Å². The first-order chi connectivity index (χ1) is 8.38. The smallest absolute Gasteiger partial charge is 0.00697 e. The first kappa shape index (κ1) is 13.4. The minimum absolute atomic E-state index is 0.845. The Kier molecular flexibility index (Phi) is 5.84. The fraction of sp³-hybridized carbons (Fsp3) is 1.00. The van der Waals surface area contributed by atoms with E-state index in [9.17, 15) is 0 Å². The van der Waals surface area contributed by atoms with E-state index in [1.165, 1.54) is 77.2 Å². The average molecular weight is 237 g/mol. The molecule has 0 amide bonds. The summed E-state index contributed by atoms with van der Waals surface area (Å²) in [4.78, 5) is 0. The Balaban J connectivity index is 1.57. The van der Waals surface area contributed by atoms with Gasteiger partial charge in [0.05, 0.1) is 0 Å². The molecule has 2 unspecified atom stereocenters. The minimum Gasteiger partial charge on any atom is -0.314 e. The Morgan fingerprint density at radius 2 is 1.65 bits per heavy atom. The number of nitrogens with one attached hydrogen (secondary N) is 1. The highest BCUT2D eigenvalue weighted by molar-refractivity contribution is 4.78. The van der Waals surface area contributed by atoms with E-state index in [2.05, 4.69) is 12.2 Å². The third-order valence-corrected chi connectivity index (χ3v) is 5.07. The van der Waals surface area contributed by atoms with Crippen molar-refractivity contribution in [3.63, 3.8) is 0 Å². The summed E-state index contributed by atoms with van der Waals surface area (Å²) in [5.74, 6) is 2.05. The molecule has 1 heteroatoms. The molecule has 0 aromatic heterocycles. The Hall–Kier alpha value is -0.0400. The van der Waals surface area contributed by atoms with Gasteiger partial charge in [0.1, 0.15) is 0 Å². The molecule has 0 aliphatic heterocycles. The van der Waals surface area contributed by atoms with Crippen molar-refractivity contribution >= 4 is 0 Å². The maximum atomic E-state index is 3.83. The molecule has 0 saturated heterocycles. The number of hydrogen-bond donors (Lipinski definition) is 1. The first-order valence-corrected chi connectivity index (χ1v) is 8.12. The molecule has 0 aromatic rings. The van der Waals surface area contributed by atoms with Crippen LogP contribution >= 0.6 is 0 Å². The lowest BCUT2D eigenvalue weighted by Crippen LogP contribution is -2.35. The molecule has 2 atom stereocenters. The first-order valence-electron chi connectivity index (χ1n) is 8.12. The molecule has 2 rings (SSSR count). The quantitative estimate of drug-likeness (QED) is 0.741. The van der Waals surface area contributed by atoms with Crippen molar-refractivity contribution in [1.29, 1.82) is 0 Å². The third kappa shape index (κ3) is 4.62. The van der Waals surface area contributed by atoms with Crippen LogP contribution in [0, 0.1) is 11.8 Å². The topological polar surface area (TPSA) is 12.0 Å². The van der Waals surface area contributed by atoms with Crippen molar-refractivity contribution < 1.29 is 0 Å². The molecule has 100 valence electrons. The fourth-order valence-electron chi connectivity index (χ4n) is 3.81. The zero-order valence-electron chi connectivity index (χ0n) is 11.7. The molecule has 1 nitrogen and oxygen atoms in total. The zero-order chi connectivity index (χ0) is 11.9. The lowest BCUT2D eigenvalue weighted by Gasteiger charge is -2.30. The van der Waals surface area contributed by atoms with E-state index in [-0.39, 0.29) is 0 Å². The summed E-state index contributed by atoms with van der Waals surface area (Å²) in [5.41, 5.74) is 0. The van der Waals surface area contributed by atoms with Crippen molar-refractivity contribution in [2.24, 2.45) is 11.8 Å². The van der Waals surface area contributed by atoms with Crippen molar-refractivity contribution in [2.45, 2.75) is 83.6 Å². The summed E-state index contributed by atoms with van der Waals surface area (Å²) in [5, 5.41) is 3.83. The SMILES string of the molecule is CCC1CCCC(NCCC2CCCCC2)C1. The zero-order valence-corrected chi connectivity index (χ0v) is 11.7. The van der Waals surface area contributed by atoms with Gasteiger partial charge < -0.3 is 5.32 Å². The van der Waals surface area contributed by atoms with Crippen LogP contribution in [0.15, 0.2) is 0 Å². The van der Waals surface area contributed by atoms with E-state index in [0.717, 1.165) is 17.9 Å². The minimum atomic E-state index is 0.845. The second-order valence-electron chi connectivity index (χ2n) is 6.38. The van der Waals surface area contributed by atoms with Crippen LogP contribution in [0.25, 0.3) is 0 Å². The summed E-state index contributed by atoms with van der Waals surface area (Å²) >= 11 is 0. The molecule has 0 aromatic carbocycles. The van der Waals surface area contributed by atoms with Crippen LogP contribution in [0.4, 0.5) is 0 Å². The van der Waals surface area contributed by atoms with E-state index < -0.39 is 0 Å². The summed E-state index contributed by atoms with van der Waals surface area (Å²) in [7, 11) is 0. The molecular weight excluding hydrogens is 206 g/mol. The van der Waals surface area contributed by atoms with Gasteiger partial charge in [-0.05, 0) is 37.6 Å². The van der Waals surface area contributed by atoms with Gasteiger partial charge in [-0.25, -0.2) is 0 Å². The number of rotatable bonds is 5. The van der Waals surface area contributed by atoms with Gasteiger partial charge in [-0.3, -0.25) is 0 Å². The van der Waals surface area contributed by atoms with Crippen LogP contribution in [0.2, 0.25) is 0 Å². The Morgan fingerprint density at radius 1 is 0.882 bits per heavy atom. The van der Waals surface area contributed by atoms with Crippen molar-refractivity contribution in [3.05, 3.63) is 0 Å². The van der Waals surface area contributed by atoms with Crippen LogP contribution in [-0.4, -0.2) is 12.6 Å². The molecule has 0 spiro atoms. The lowest BCUT2D eigenvalue weighted by molar-refractivity contribution is 0.266. The Labute approximate surface area is 108 Å². The van der Waals surface area contributed by atoms with Crippen LogP contribution in [0.1, 0.15) is 77.6 Å². The van der Waals surface area contributed by atoms with Crippen LogP contribution < -0.4 is 5.32 Å². The molecule has 2 fully saturated rings. The summed E-state index contributed by atoms with van der Waals surface area (Å²) in [6.07, 6.45) is 16.1. The molecule has 1 N–H and O–H groups in total. The van der Waals surface area contributed by atoms with Gasteiger partial charge in [-0.15, -0.1) is 0 Å². The van der Waals surface area contributed by atoms with Crippen LogP contribution in [0.5, 0.6) is 0 Å². The molecule has 0 bridgehead atoms. The van der Waals surface area contributed by atoms with Gasteiger partial charge in [0.2, 0.25) is 0 Å². The lowest BCUT2D eigenvalue weighted by atomic mass is 9.83. The monoisotopic (exact) mass is 237 g/mol. The summed E-state index contributed by atoms with van der Waals surface area (Å²) in [6, 6.07) is 0.845. The van der Waals surface area contributed by atoms with Gasteiger partial charge in [-0.1, -0.05) is 58.3 Å². The third-order valence-electron chi connectivity index (χ3n) is 5.07. The Bertz CT molecular complexity index is 196. The molecule has 2 saturated carbocycles. The normalized spacial score (nSPS) is 31.6. The molecule has 2 aliphatic carbocycles. The van der Waals surface area contributed by atoms with Gasteiger partial charge >= 0.3 is 0 Å². The van der Waals surface area contributed by atoms with Crippen molar-refractivity contribution in [2.75, 3.05) is 6.54 Å². The number of hydrogen-bond acceptors (Lipinski definition) is 1. The molecule has 0 heterocycles. The fourth-order valence-corrected chi connectivity index (χ4v) is 3.81. The summed E-state index contributed by atoms with van der Waals surface area (Å²) in [6.45, 7) is 3.64. The standard InChI is InChI=1S/C16H31N/c1-2-14-9-6-10-16(13-14)17-12-11-15-7-4-3-5-8-15/h14-17H,2-13H2,1H3. The van der Waals surface area contributed by atoms with Gasteiger partial charge in [0.25, 0.3) is 0 Å². The second-order valence-corrected chi connectivity index (χ2v) is 6.38. The van der Waals surface area contributed by atoms with Crippen LogP contribution in [-0.2, 0) is 0 Å². The van der Waals surface area contributed by atoms with Gasteiger partial charge in [0, 0.05) is 6.04 Å². The Morgan fingerprint density at radius 3 is 2.41 bits per heavy atom. The van der Waals surface area contributed by atoms with Gasteiger partial charge in [-0.2, -0.15) is 0 Å². The highest BCUT2D eigenvalue weighted by atomic mass is 14.9. The maximum absolute atomic E-state index is 3.83. The van der Waals surface area contributed by atoms with Crippen molar-refractivity contribution in [1.82, 2.24) is 5.32 Å². The van der Waals surface area contributed by atoms with E-state index in [1.54, 1.807) is 0 Å². The highest BCUT2D eigenvalue weighted by Gasteiger charge is 2.20. The molecular formula is C16H31N. The average Bonchev–Trinajstić information content (AvgIpc) is 2.40. The highest BCUT2D eigenvalue weighted by Crippen LogP contribution is 2.28. The largest absolute Gasteiger partial charge is 0.314 e.